The minimum atomic E-state index is -0.237. The van der Waals surface area contributed by atoms with Gasteiger partial charge in [-0.1, -0.05) is 0 Å². The lowest BCUT2D eigenvalue weighted by Crippen LogP contribution is -2.18. The van der Waals surface area contributed by atoms with E-state index in [0.29, 0.717) is 13.0 Å². The van der Waals surface area contributed by atoms with E-state index >= 15 is 0 Å². The molecule has 2 heterocycles. The Hall–Kier alpha value is -1.99. The van der Waals surface area contributed by atoms with Gasteiger partial charge in [-0.05, 0) is 24.3 Å². The highest BCUT2D eigenvalue weighted by atomic mass is 32.1. The second-order valence-corrected chi connectivity index (χ2v) is 6.61. The molecular formula is C15H16N2O3S2. The fourth-order valence-corrected chi connectivity index (χ4v) is 3.25. The van der Waals surface area contributed by atoms with Crippen molar-refractivity contribution in [2.45, 2.75) is 19.9 Å². The van der Waals surface area contributed by atoms with E-state index in [-0.39, 0.29) is 11.9 Å². The predicted molar refractivity (Wildman–Crippen MR) is 88.6 cm³/mol. The molecule has 5 nitrogen and oxygen atoms in total. The topological polar surface area (TPSA) is 68.3 Å². The Kier molecular flexibility index (Phi) is 5.85. The van der Waals surface area contributed by atoms with E-state index in [0.717, 1.165) is 20.5 Å². The summed E-state index contributed by atoms with van der Waals surface area (Å²) in [5.41, 5.74) is 0.855. The Morgan fingerprint density at radius 1 is 1.36 bits per heavy atom. The summed E-state index contributed by atoms with van der Waals surface area (Å²) < 4.78 is 4.65. The molecule has 0 saturated carbocycles. The third-order valence-electron chi connectivity index (χ3n) is 2.71. The van der Waals surface area contributed by atoms with Crippen molar-refractivity contribution in [1.82, 2.24) is 10.3 Å². The van der Waals surface area contributed by atoms with Gasteiger partial charge in [0.05, 0.1) is 25.8 Å². The Labute approximate surface area is 136 Å². The number of amides is 1. The van der Waals surface area contributed by atoms with Crippen LogP contribution in [0.5, 0.6) is 0 Å². The number of nitrogens with zero attached hydrogens (tertiary/aromatic N) is 1. The van der Waals surface area contributed by atoms with Crippen LogP contribution >= 0.6 is 22.7 Å². The van der Waals surface area contributed by atoms with E-state index in [4.69, 9.17) is 0 Å². The lowest BCUT2D eigenvalue weighted by molar-refractivity contribution is -0.139. The molecule has 2 aromatic heterocycles. The van der Waals surface area contributed by atoms with Gasteiger partial charge in [0, 0.05) is 22.1 Å². The maximum absolute atomic E-state index is 11.2. The number of nitrogens with one attached hydrogen (secondary N) is 1. The van der Waals surface area contributed by atoms with Gasteiger partial charge in [-0.3, -0.25) is 9.59 Å². The molecule has 1 N–H and O–H groups in total. The highest BCUT2D eigenvalue weighted by Gasteiger charge is 2.05. The number of aromatic nitrogens is 1. The van der Waals surface area contributed by atoms with Crippen LogP contribution in [-0.2, 0) is 27.3 Å². The van der Waals surface area contributed by atoms with Gasteiger partial charge in [-0.2, -0.15) is 0 Å². The standard InChI is InChI=1S/C15H16N2O3S2/c1-10(18)16-8-14-17-11(9-21-14)3-4-12-5-6-13(22-12)7-15(19)20-2/h3-6,9H,7-8H2,1-2H3,(H,16,18)/b4-3+. The van der Waals surface area contributed by atoms with Crippen LogP contribution in [0, 0.1) is 0 Å². The van der Waals surface area contributed by atoms with E-state index in [1.54, 1.807) is 11.3 Å². The van der Waals surface area contributed by atoms with Gasteiger partial charge in [0.15, 0.2) is 0 Å². The van der Waals surface area contributed by atoms with Crippen molar-refractivity contribution in [2.75, 3.05) is 7.11 Å². The molecule has 0 fully saturated rings. The molecule has 0 aliphatic carbocycles. The zero-order valence-electron chi connectivity index (χ0n) is 12.3. The largest absolute Gasteiger partial charge is 0.469 e. The summed E-state index contributed by atoms with van der Waals surface area (Å²) >= 11 is 3.06. The predicted octanol–water partition coefficient (Wildman–Crippen LogP) is 2.73. The van der Waals surface area contributed by atoms with E-state index in [9.17, 15) is 9.59 Å². The van der Waals surface area contributed by atoms with Crippen molar-refractivity contribution < 1.29 is 14.3 Å². The fraction of sp³-hybridized carbons (Fsp3) is 0.267. The van der Waals surface area contributed by atoms with E-state index in [1.165, 1.54) is 25.4 Å². The summed E-state index contributed by atoms with van der Waals surface area (Å²) in [5.74, 6) is -0.302. The first-order valence-corrected chi connectivity index (χ1v) is 8.29. The SMILES string of the molecule is COC(=O)Cc1ccc(/C=C/c2csc(CNC(C)=O)n2)s1. The van der Waals surface area contributed by atoms with Crippen LogP contribution in [0.25, 0.3) is 12.2 Å². The van der Waals surface area contributed by atoms with E-state index < -0.39 is 0 Å². The van der Waals surface area contributed by atoms with E-state index in [1.807, 2.05) is 29.7 Å². The Morgan fingerprint density at radius 2 is 2.18 bits per heavy atom. The Bertz CT molecular complexity index is 689. The quantitative estimate of drug-likeness (QED) is 0.824. The zero-order valence-corrected chi connectivity index (χ0v) is 13.9. The minimum Gasteiger partial charge on any atom is -0.469 e. The molecule has 2 rings (SSSR count). The van der Waals surface area contributed by atoms with Gasteiger partial charge in [0.25, 0.3) is 0 Å². The highest BCUT2D eigenvalue weighted by Crippen LogP contribution is 2.20. The molecule has 0 spiro atoms. The maximum atomic E-state index is 11.2. The van der Waals surface area contributed by atoms with Crippen LogP contribution in [0.2, 0.25) is 0 Å². The molecule has 0 aromatic carbocycles. The molecule has 116 valence electrons. The summed E-state index contributed by atoms with van der Waals surface area (Å²) in [7, 11) is 1.39. The number of hydrogen-bond donors (Lipinski definition) is 1. The molecule has 7 heteroatoms. The van der Waals surface area contributed by atoms with Crippen molar-refractivity contribution >= 4 is 46.7 Å². The van der Waals surface area contributed by atoms with E-state index in [2.05, 4.69) is 15.0 Å². The van der Waals surface area contributed by atoms with Crippen LogP contribution in [0.4, 0.5) is 0 Å². The Balaban J connectivity index is 1.94. The normalized spacial score (nSPS) is 10.8. The molecule has 1 amide bonds. The lowest BCUT2D eigenvalue weighted by atomic mass is 10.3. The molecular weight excluding hydrogens is 320 g/mol. The zero-order chi connectivity index (χ0) is 15.9. The number of methoxy groups -OCH3 is 1. The number of hydrogen-bond acceptors (Lipinski definition) is 6. The number of ether oxygens (including phenoxy) is 1. The van der Waals surface area contributed by atoms with Gasteiger partial charge in [-0.15, -0.1) is 22.7 Å². The first-order valence-electron chi connectivity index (χ1n) is 6.59. The number of thiazole rings is 1. The summed E-state index contributed by atoms with van der Waals surface area (Å²) in [6.07, 6.45) is 4.18. The van der Waals surface area contributed by atoms with Crippen LogP contribution < -0.4 is 5.32 Å². The second-order valence-electron chi connectivity index (χ2n) is 4.47. The second kappa shape index (κ2) is 7.86. The summed E-state index contributed by atoms with van der Waals surface area (Å²) in [6.45, 7) is 1.94. The third kappa shape index (κ3) is 5.09. The number of carbonyl (C=O) groups excluding carboxylic acids is 2. The molecule has 0 bridgehead atoms. The highest BCUT2D eigenvalue weighted by molar-refractivity contribution is 7.13. The molecule has 0 aliphatic heterocycles. The van der Waals surface area contributed by atoms with Crippen LogP contribution in [0.3, 0.4) is 0 Å². The minimum absolute atomic E-state index is 0.0657. The summed E-state index contributed by atoms with van der Waals surface area (Å²) in [4.78, 5) is 28.5. The fourth-order valence-electron chi connectivity index (χ4n) is 1.64. The van der Waals surface area contributed by atoms with Crippen molar-refractivity contribution in [3.63, 3.8) is 0 Å². The van der Waals surface area contributed by atoms with Crippen molar-refractivity contribution in [1.29, 1.82) is 0 Å². The molecule has 22 heavy (non-hydrogen) atoms. The van der Waals surface area contributed by atoms with Gasteiger partial charge in [0.1, 0.15) is 5.01 Å². The van der Waals surface area contributed by atoms with Crippen molar-refractivity contribution in [3.8, 4) is 0 Å². The molecule has 0 atom stereocenters. The lowest BCUT2D eigenvalue weighted by Gasteiger charge is -1.95. The van der Waals surface area contributed by atoms with Gasteiger partial charge in [-0.25, -0.2) is 4.98 Å². The molecule has 2 aromatic rings. The summed E-state index contributed by atoms with van der Waals surface area (Å²) in [5, 5.41) is 5.53. The van der Waals surface area contributed by atoms with Gasteiger partial charge >= 0.3 is 5.97 Å². The molecule has 0 aliphatic rings. The number of rotatable bonds is 6. The number of thiophene rings is 1. The van der Waals surface area contributed by atoms with Crippen LogP contribution in [-0.4, -0.2) is 24.0 Å². The average molecular weight is 336 g/mol. The first kappa shape index (κ1) is 16.4. The third-order valence-corrected chi connectivity index (χ3v) is 4.62. The van der Waals surface area contributed by atoms with Crippen LogP contribution in [0.15, 0.2) is 17.5 Å². The molecule has 0 unspecified atom stereocenters. The molecule has 0 radical (unpaired) electrons. The van der Waals surface area contributed by atoms with Crippen LogP contribution in [0.1, 0.15) is 27.4 Å². The number of carbonyl (C=O) groups is 2. The number of esters is 1. The first-order chi connectivity index (χ1) is 10.6. The Morgan fingerprint density at radius 3 is 2.91 bits per heavy atom. The smallest absolute Gasteiger partial charge is 0.310 e. The summed E-state index contributed by atoms with van der Waals surface area (Å²) in [6, 6.07) is 3.88. The van der Waals surface area contributed by atoms with Crippen molar-refractivity contribution in [2.24, 2.45) is 0 Å². The average Bonchev–Trinajstić information content (AvgIpc) is 3.12. The monoisotopic (exact) mass is 336 g/mol. The maximum Gasteiger partial charge on any atom is 0.310 e. The van der Waals surface area contributed by atoms with Gasteiger partial charge < -0.3 is 10.1 Å². The van der Waals surface area contributed by atoms with Crippen molar-refractivity contribution in [3.05, 3.63) is 38.0 Å². The van der Waals surface area contributed by atoms with Gasteiger partial charge in [0.2, 0.25) is 5.91 Å². The molecule has 0 saturated heterocycles.